The van der Waals surface area contributed by atoms with Crippen molar-refractivity contribution in [1.29, 1.82) is 0 Å². The molecule has 1 aromatic carbocycles. The number of amides is 1. The number of hydrogen-bond acceptors (Lipinski definition) is 3. The Hall–Kier alpha value is -2.17. The van der Waals surface area contributed by atoms with Crippen molar-refractivity contribution < 1.29 is 4.79 Å². The van der Waals surface area contributed by atoms with Gasteiger partial charge in [-0.25, -0.2) is 4.98 Å². The van der Waals surface area contributed by atoms with Gasteiger partial charge in [0.25, 0.3) is 5.56 Å². The third kappa shape index (κ3) is 5.91. The van der Waals surface area contributed by atoms with E-state index in [0.29, 0.717) is 23.1 Å². The lowest BCUT2D eigenvalue weighted by Crippen LogP contribution is -2.38. The Morgan fingerprint density at radius 3 is 2.41 bits per heavy atom. The van der Waals surface area contributed by atoms with Gasteiger partial charge in [-0.3, -0.25) is 14.2 Å². The van der Waals surface area contributed by atoms with Crippen LogP contribution in [0.1, 0.15) is 90.4 Å². The largest absolute Gasteiger partial charge is 0.333 e. The van der Waals surface area contributed by atoms with Gasteiger partial charge in [0.15, 0.2) is 0 Å². The number of para-hydroxylation sites is 1. The quantitative estimate of drug-likeness (QED) is 0.451. The molecular formula is C24H37N3O2. The van der Waals surface area contributed by atoms with Gasteiger partial charge < -0.3 is 4.90 Å². The zero-order valence-electron chi connectivity index (χ0n) is 18.6. The third-order valence-electron chi connectivity index (χ3n) is 5.65. The second-order valence-electron chi connectivity index (χ2n) is 7.88. The maximum Gasteiger partial charge on any atom is 0.261 e. The summed E-state index contributed by atoms with van der Waals surface area (Å²) in [7, 11) is 1.77. The van der Waals surface area contributed by atoms with E-state index in [-0.39, 0.29) is 17.5 Å². The van der Waals surface area contributed by atoms with Gasteiger partial charge >= 0.3 is 0 Å². The number of benzene rings is 1. The van der Waals surface area contributed by atoms with Crippen LogP contribution in [0.25, 0.3) is 10.9 Å². The molecule has 160 valence electrons. The van der Waals surface area contributed by atoms with Crippen molar-refractivity contribution in [1.82, 2.24) is 14.5 Å². The third-order valence-corrected chi connectivity index (χ3v) is 5.65. The summed E-state index contributed by atoms with van der Waals surface area (Å²) < 4.78 is 1.63. The topological polar surface area (TPSA) is 55.2 Å². The highest BCUT2D eigenvalue weighted by molar-refractivity contribution is 5.78. The molecule has 2 aromatic rings. The Kier molecular flexibility index (Phi) is 9.36. The fourth-order valence-corrected chi connectivity index (χ4v) is 3.91. The fourth-order valence-electron chi connectivity index (χ4n) is 3.91. The van der Waals surface area contributed by atoms with Crippen LogP contribution in [0.3, 0.4) is 0 Å². The molecule has 0 saturated carbocycles. The first-order valence-corrected chi connectivity index (χ1v) is 11.3. The molecule has 5 nitrogen and oxygen atoms in total. The lowest BCUT2D eigenvalue weighted by molar-refractivity contribution is -0.134. The van der Waals surface area contributed by atoms with Crippen LogP contribution < -0.4 is 5.56 Å². The van der Waals surface area contributed by atoms with E-state index in [9.17, 15) is 9.59 Å². The molecular weight excluding hydrogens is 362 g/mol. The molecule has 0 aliphatic heterocycles. The van der Waals surface area contributed by atoms with Crippen LogP contribution in [0.5, 0.6) is 0 Å². The Morgan fingerprint density at radius 1 is 1.03 bits per heavy atom. The molecule has 29 heavy (non-hydrogen) atoms. The molecule has 1 atom stereocenters. The van der Waals surface area contributed by atoms with E-state index >= 15 is 0 Å². The molecule has 0 radical (unpaired) electrons. The van der Waals surface area contributed by atoms with Gasteiger partial charge in [-0.1, -0.05) is 65.0 Å². The first-order chi connectivity index (χ1) is 14.0. The summed E-state index contributed by atoms with van der Waals surface area (Å²) in [5, 5.41) is 0.623. The average Bonchev–Trinajstić information content (AvgIpc) is 2.73. The zero-order chi connectivity index (χ0) is 21.2. The standard InChI is InChI=1S/C24H37N3O2/c1-5-8-10-14-18-27(22(28)17-11-9-6-2)21(7-3)23-25-20-16-13-12-15-19(20)24(29)26(23)4/h12-13,15-16,21H,5-11,14,17-18H2,1-4H3/t21-/m0/s1. The Morgan fingerprint density at radius 2 is 1.72 bits per heavy atom. The maximum absolute atomic E-state index is 13.1. The molecule has 5 heteroatoms. The molecule has 1 amide bonds. The number of fused-ring (bicyclic) bond motifs is 1. The highest BCUT2D eigenvalue weighted by atomic mass is 16.2. The van der Waals surface area contributed by atoms with Crippen LogP contribution in [0.15, 0.2) is 29.1 Å². The van der Waals surface area contributed by atoms with Crippen molar-refractivity contribution >= 4 is 16.8 Å². The predicted octanol–water partition coefficient (Wildman–Crippen LogP) is 5.37. The number of carbonyl (C=O) groups is 1. The number of carbonyl (C=O) groups excluding carboxylic acids is 1. The number of unbranched alkanes of at least 4 members (excludes halogenated alkanes) is 5. The SMILES string of the molecule is CCCCCCN(C(=O)CCCCC)[C@@H](CC)c1nc2ccccc2c(=O)n1C. The Bertz CT molecular complexity index is 844. The number of aromatic nitrogens is 2. The Labute approximate surface area is 175 Å². The summed E-state index contributed by atoms with van der Waals surface area (Å²) in [6.45, 7) is 7.14. The number of nitrogens with zero attached hydrogens (tertiary/aromatic N) is 3. The lowest BCUT2D eigenvalue weighted by Gasteiger charge is -2.32. The second-order valence-corrected chi connectivity index (χ2v) is 7.88. The second kappa shape index (κ2) is 11.7. The van der Waals surface area contributed by atoms with Gasteiger partial charge in [-0.15, -0.1) is 0 Å². The van der Waals surface area contributed by atoms with E-state index in [1.807, 2.05) is 29.2 Å². The molecule has 0 spiro atoms. The van der Waals surface area contributed by atoms with Gasteiger partial charge in [-0.2, -0.15) is 0 Å². The van der Waals surface area contributed by atoms with E-state index in [4.69, 9.17) is 4.98 Å². The van der Waals surface area contributed by atoms with Gasteiger partial charge in [0, 0.05) is 20.0 Å². The molecule has 0 bridgehead atoms. The van der Waals surface area contributed by atoms with Crippen molar-refractivity contribution in [2.24, 2.45) is 7.05 Å². The molecule has 0 saturated heterocycles. The van der Waals surface area contributed by atoms with Crippen LogP contribution >= 0.6 is 0 Å². The van der Waals surface area contributed by atoms with Crippen LogP contribution in [-0.2, 0) is 11.8 Å². The van der Waals surface area contributed by atoms with E-state index in [0.717, 1.165) is 45.1 Å². The van der Waals surface area contributed by atoms with E-state index < -0.39 is 0 Å². The summed E-state index contributed by atoms with van der Waals surface area (Å²) in [5.41, 5.74) is 0.654. The first-order valence-electron chi connectivity index (χ1n) is 11.3. The zero-order valence-corrected chi connectivity index (χ0v) is 18.6. The molecule has 2 rings (SSSR count). The average molecular weight is 400 g/mol. The van der Waals surface area contributed by atoms with Gasteiger partial charge in [0.05, 0.1) is 16.9 Å². The highest BCUT2D eigenvalue weighted by Crippen LogP contribution is 2.25. The maximum atomic E-state index is 13.1. The monoisotopic (exact) mass is 399 g/mol. The van der Waals surface area contributed by atoms with Crippen molar-refractivity contribution in [3.05, 3.63) is 40.4 Å². The molecule has 0 unspecified atom stereocenters. The van der Waals surface area contributed by atoms with Crippen molar-refractivity contribution in [3.63, 3.8) is 0 Å². The number of rotatable bonds is 12. The van der Waals surface area contributed by atoms with Crippen LogP contribution in [0, 0.1) is 0 Å². The summed E-state index contributed by atoms with van der Waals surface area (Å²) in [4.78, 5) is 32.8. The molecule has 1 heterocycles. The molecule has 0 fully saturated rings. The van der Waals surface area contributed by atoms with Crippen molar-refractivity contribution in [3.8, 4) is 0 Å². The molecule has 0 aliphatic rings. The predicted molar refractivity (Wildman–Crippen MR) is 120 cm³/mol. The minimum atomic E-state index is -0.173. The van der Waals surface area contributed by atoms with E-state index in [1.54, 1.807) is 11.6 Å². The summed E-state index contributed by atoms with van der Waals surface area (Å²) in [6.07, 6.45) is 8.86. The summed E-state index contributed by atoms with van der Waals surface area (Å²) in [5.74, 6) is 0.875. The van der Waals surface area contributed by atoms with Crippen LogP contribution in [0.2, 0.25) is 0 Å². The number of hydrogen-bond donors (Lipinski definition) is 0. The molecule has 0 N–H and O–H groups in total. The van der Waals surface area contributed by atoms with Gasteiger partial charge in [-0.05, 0) is 31.4 Å². The van der Waals surface area contributed by atoms with Gasteiger partial charge in [0.2, 0.25) is 5.91 Å². The normalized spacial score (nSPS) is 12.3. The van der Waals surface area contributed by atoms with Crippen molar-refractivity contribution in [2.45, 2.75) is 84.6 Å². The highest BCUT2D eigenvalue weighted by Gasteiger charge is 2.27. The molecule has 1 aromatic heterocycles. The van der Waals surface area contributed by atoms with Crippen molar-refractivity contribution in [2.75, 3.05) is 6.54 Å². The smallest absolute Gasteiger partial charge is 0.261 e. The minimum absolute atomic E-state index is 0.0478. The van der Waals surface area contributed by atoms with Gasteiger partial charge in [0.1, 0.15) is 5.82 Å². The summed E-state index contributed by atoms with van der Waals surface area (Å²) >= 11 is 0. The lowest BCUT2D eigenvalue weighted by atomic mass is 10.1. The molecule has 0 aliphatic carbocycles. The van der Waals surface area contributed by atoms with Crippen LogP contribution in [0.4, 0.5) is 0 Å². The first kappa shape index (κ1) is 23.1. The summed E-state index contributed by atoms with van der Waals surface area (Å²) in [6, 6.07) is 7.28. The fraction of sp³-hybridized carbons (Fsp3) is 0.625. The van der Waals surface area contributed by atoms with E-state index in [2.05, 4.69) is 20.8 Å². The van der Waals surface area contributed by atoms with Crippen LogP contribution in [-0.4, -0.2) is 26.9 Å². The Balaban J connectivity index is 2.37. The minimum Gasteiger partial charge on any atom is -0.333 e. The van der Waals surface area contributed by atoms with E-state index in [1.165, 1.54) is 12.8 Å².